The lowest BCUT2D eigenvalue weighted by Gasteiger charge is -2.31. The van der Waals surface area contributed by atoms with Crippen LogP contribution < -0.4 is 15.8 Å². The Morgan fingerprint density at radius 3 is 2.97 bits per heavy atom. The van der Waals surface area contributed by atoms with Crippen LogP contribution in [0.1, 0.15) is 19.8 Å². The number of esters is 1. The van der Waals surface area contributed by atoms with Gasteiger partial charge in [0.05, 0.1) is 22.8 Å². The molecule has 1 saturated heterocycles. The van der Waals surface area contributed by atoms with Crippen molar-refractivity contribution < 1.29 is 18.7 Å². The first-order valence-corrected chi connectivity index (χ1v) is 11.1. The fourth-order valence-corrected chi connectivity index (χ4v) is 3.85. The van der Waals surface area contributed by atoms with Gasteiger partial charge in [-0.15, -0.1) is 0 Å². The Balaban J connectivity index is 1.37. The predicted molar refractivity (Wildman–Crippen MR) is 125 cm³/mol. The van der Waals surface area contributed by atoms with Crippen LogP contribution in [0.4, 0.5) is 21.6 Å². The van der Waals surface area contributed by atoms with E-state index in [1.165, 1.54) is 18.5 Å². The van der Waals surface area contributed by atoms with Crippen LogP contribution in [0.3, 0.4) is 0 Å². The number of anilines is 3. The van der Waals surface area contributed by atoms with E-state index < -0.39 is 5.82 Å². The van der Waals surface area contributed by atoms with Crippen molar-refractivity contribution in [2.24, 2.45) is 0 Å². The molecule has 2 heterocycles. The number of carbonyl (C=O) groups is 1. The van der Waals surface area contributed by atoms with Crippen molar-refractivity contribution in [3.8, 4) is 5.75 Å². The number of carbonyl (C=O) groups excluding carboxylic acids is 1. The van der Waals surface area contributed by atoms with Gasteiger partial charge in [-0.25, -0.2) is 14.4 Å². The number of fused-ring (bicyclic) bond motifs is 1. The van der Waals surface area contributed by atoms with Gasteiger partial charge in [-0.05, 0) is 50.6 Å². The standard InChI is InChI=1S/C23H25ClFN5O3/c1-14-23(31)33-9-7-30(14)6-2-3-8-32-21-12-20-16(11-19(21)26)22(28-13-27-20)29-15-4-5-18(25)17(24)10-15/h4-5,10-14H,2-3,6-9,26H2,1H3,(H,27,28,29)/t14-/m0/s1. The number of benzene rings is 2. The summed E-state index contributed by atoms with van der Waals surface area (Å²) in [6.07, 6.45) is 3.14. The minimum atomic E-state index is -0.492. The van der Waals surface area contributed by atoms with E-state index in [9.17, 15) is 9.18 Å². The summed E-state index contributed by atoms with van der Waals surface area (Å²) in [6, 6.07) is 7.66. The monoisotopic (exact) mass is 473 g/mol. The lowest BCUT2D eigenvalue weighted by Crippen LogP contribution is -2.47. The molecule has 1 aliphatic rings. The number of morpholine rings is 1. The molecule has 0 unspecified atom stereocenters. The first kappa shape index (κ1) is 23.0. The molecule has 10 heteroatoms. The molecule has 0 radical (unpaired) electrons. The highest BCUT2D eigenvalue weighted by Gasteiger charge is 2.26. The van der Waals surface area contributed by atoms with E-state index >= 15 is 0 Å². The van der Waals surface area contributed by atoms with Crippen molar-refractivity contribution >= 4 is 45.7 Å². The van der Waals surface area contributed by atoms with Crippen LogP contribution in [0.25, 0.3) is 10.9 Å². The van der Waals surface area contributed by atoms with Crippen molar-refractivity contribution in [2.45, 2.75) is 25.8 Å². The molecule has 33 heavy (non-hydrogen) atoms. The van der Waals surface area contributed by atoms with Crippen molar-refractivity contribution in [1.29, 1.82) is 0 Å². The van der Waals surface area contributed by atoms with Gasteiger partial charge in [0, 0.05) is 23.7 Å². The van der Waals surface area contributed by atoms with Crippen molar-refractivity contribution in [2.75, 3.05) is 37.4 Å². The van der Waals surface area contributed by atoms with Crippen LogP contribution in [-0.4, -0.2) is 53.2 Å². The van der Waals surface area contributed by atoms with Crippen molar-refractivity contribution in [1.82, 2.24) is 14.9 Å². The third kappa shape index (κ3) is 5.43. The number of hydrogen-bond donors (Lipinski definition) is 2. The fraction of sp³-hybridized carbons (Fsp3) is 0.348. The number of nitrogens with two attached hydrogens (primary N) is 1. The number of aromatic nitrogens is 2. The quantitative estimate of drug-likeness (QED) is 0.286. The first-order valence-electron chi connectivity index (χ1n) is 10.7. The van der Waals surface area contributed by atoms with E-state index in [0.29, 0.717) is 47.1 Å². The number of cyclic esters (lactones) is 1. The zero-order valence-electron chi connectivity index (χ0n) is 18.2. The maximum atomic E-state index is 13.4. The predicted octanol–water partition coefficient (Wildman–Crippen LogP) is 4.15. The molecule has 0 amide bonds. The van der Waals surface area contributed by atoms with Gasteiger partial charge in [0.15, 0.2) is 0 Å². The number of nitrogens with zero attached hydrogens (tertiary/aromatic N) is 3. The zero-order valence-corrected chi connectivity index (χ0v) is 18.9. The van der Waals surface area contributed by atoms with E-state index in [0.717, 1.165) is 25.9 Å². The summed E-state index contributed by atoms with van der Waals surface area (Å²) in [7, 11) is 0. The summed E-state index contributed by atoms with van der Waals surface area (Å²) in [6.45, 7) is 4.37. The van der Waals surface area contributed by atoms with Crippen LogP contribution >= 0.6 is 11.6 Å². The highest BCUT2D eigenvalue weighted by atomic mass is 35.5. The molecule has 0 aliphatic carbocycles. The summed E-state index contributed by atoms with van der Waals surface area (Å²) < 4.78 is 24.4. The lowest BCUT2D eigenvalue weighted by molar-refractivity contribution is -0.156. The molecule has 174 valence electrons. The average Bonchev–Trinajstić information content (AvgIpc) is 2.79. The summed E-state index contributed by atoms with van der Waals surface area (Å²) >= 11 is 5.87. The van der Waals surface area contributed by atoms with Gasteiger partial charge in [0.1, 0.15) is 36.4 Å². The summed E-state index contributed by atoms with van der Waals surface area (Å²) in [4.78, 5) is 22.3. The van der Waals surface area contributed by atoms with Gasteiger partial charge in [0.25, 0.3) is 0 Å². The fourth-order valence-electron chi connectivity index (χ4n) is 3.67. The largest absolute Gasteiger partial charge is 0.491 e. The normalized spacial score (nSPS) is 16.6. The van der Waals surface area contributed by atoms with Crippen LogP contribution in [0.15, 0.2) is 36.7 Å². The summed E-state index contributed by atoms with van der Waals surface area (Å²) in [5.41, 5.74) is 7.93. The lowest BCUT2D eigenvalue weighted by atomic mass is 10.2. The molecular weight excluding hydrogens is 449 g/mol. The molecule has 1 atom stereocenters. The number of halogens is 2. The molecular formula is C23H25ClFN5O3. The van der Waals surface area contributed by atoms with E-state index in [1.807, 2.05) is 6.92 Å². The number of rotatable bonds is 8. The van der Waals surface area contributed by atoms with E-state index in [-0.39, 0.29) is 17.0 Å². The number of unbranched alkanes of at least 4 members (excludes halogenated alkanes) is 1. The minimum absolute atomic E-state index is 0.0169. The molecule has 2 aromatic carbocycles. The first-order chi connectivity index (χ1) is 15.9. The second kappa shape index (κ2) is 10.2. The van der Waals surface area contributed by atoms with Gasteiger partial charge in [-0.2, -0.15) is 0 Å². The van der Waals surface area contributed by atoms with Crippen LogP contribution in [0.2, 0.25) is 5.02 Å². The van der Waals surface area contributed by atoms with E-state index in [4.69, 9.17) is 26.8 Å². The van der Waals surface area contributed by atoms with E-state index in [2.05, 4.69) is 20.2 Å². The Hall–Kier alpha value is -3.17. The molecule has 1 fully saturated rings. The second-order valence-electron chi connectivity index (χ2n) is 7.82. The van der Waals surface area contributed by atoms with Gasteiger partial charge < -0.3 is 20.5 Å². The number of nitrogen functional groups attached to an aromatic ring is 1. The third-order valence-corrected chi connectivity index (χ3v) is 5.85. The molecule has 3 N–H and O–H groups in total. The van der Waals surface area contributed by atoms with Crippen molar-refractivity contribution in [3.63, 3.8) is 0 Å². The Morgan fingerprint density at radius 2 is 2.15 bits per heavy atom. The van der Waals surface area contributed by atoms with Gasteiger partial charge in [0.2, 0.25) is 0 Å². The molecule has 1 aliphatic heterocycles. The number of hydrogen-bond acceptors (Lipinski definition) is 8. The van der Waals surface area contributed by atoms with Crippen LogP contribution in [-0.2, 0) is 9.53 Å². The SMILES string of the molecule is C[C@H]1C(=O)OCCN1CCCCOc1cc2ncnc(Nc3ccc(F)c(Cl)c3)c2cc1N. The summed E-state index contributed by atoms with van der Waals surface area (Å²) in [5, 5.41) is 3.84. The smallest absolute Gasteiger partial charge is 0.323 e. The Labute approximate surface area is 195 Å². The topological polar surface area (TPSA) is 103 Å². The highest BCUT2D eigenvalue weighted by Crippen LogP contribution is 2.32. The van der Waals surface area contributed by atoms with Crippen LogP contribution in [0, 0.1) is 5.82 Å². The van der Waals surface area contributed by atoms with Gasteiger partial charge >= 0.3 is 5.97 Å². The summed E-state index contributed by atoms with van der Waals surface area (Å²) in [5.74, 6) is 0.413. The van der Waals surface area contributed by atoms with Crippen LogP contribution in [0.5, 0.6) is 5.75 Å². The Bertz CT molecular complexity index is 1160. The maximum absolute atomic E-state index is 13.4. The number of ether oxygens (including phenoxy) is 2. The molecule has 3 aromatic rings. The van der Waals surface area contributed by atoms with Gasteiger partial charge in [-0.3, -0.25) is 9.69 Å². The Morgan fingerprint density at radius 1 is 1.30 bits per heavy atom. The molecule has 4 rings (SSSR count). The maximum Gasteiger partial charge on any atom is 0.323 e. The second-order valence-corrected chi connectivity index (χ2v) is 8.23. The Kier molecular flexibility index (Phi) is 7.10. The number of nitrogens with one attached hydrogen (secondary N) is 1. The zero-order chi connectivity index (χ0) is 23.4. The molecule has 0 spiro atoms. The van der Waals surface area contributed by atoms with Crippen molar-refractivity contribution in [3.05, 3.63) is 47.5 Å². The highest BCUT2D eigenvalue weighted by molar-refractivity contribution is 6.31. The molecule has 1 aromatic heterocycles. The molecule has 0 saturated carbocycles. The minimum Gasteiger partial charge on any atom is -0.491 e. The van der Waals surface area contributed by atoms with Gasteiger partial charge in [-0.1, -0.05) is 11.6 Å². The third-order valence-electron chi connectivity index (χ3n) is 5.56. The molecule has 8 nitrogen and oxygen atoms in total. The van der Waals surface area contributed by atoms with E-state index in [1.54, 1.807) is 18.2 Å². The average molecular weight is 474 g/mol. The molecule has 0 bridgehead atoms.